The first-order valence-electron chi connectivity index (χ1n) is 7.94. The van der Waals surface area contributed by atoms with Gasteiger partial charge in [0.1, 0.15) is 5.92 Å². The number of anilines is 1. The molecule has 0 radical (unpaired) electrons. The van der Waals surface area contributed by atoms with Crippen LogP contribution in [-0.4, -0.2) is 34.9 Å². The number of hydrogen-bond acceptors (Lipinski definition) is 7. The molecule has 1 aliphatic heterocycles. The summed E-state index contributed by atoms with van der Waals surface area (Å²) in [6.07, 6.45) is 0.455. The molecule has 1 atom stereocenters. The van der Waals surface area contributed by atoms with E-state index in [0.29, 0.717) is 23.9 Å². The Morgan fingerprint density at radius 2 is 2.16 bits per heavy atom. The molecular formula is C17H18N4O3S. The van der Waals surface area contributed by atoms with Crippen LogP contribution in [0.3, 0.4) is 0 Å². The lowest BCUT2D eigenvalue weighted by molar-refractivity contribution is -0.145. The molecule has 1 aromatic carbocycles. The Morgan fingerprint density at radius 1 is 1.36 bits per heavy atom. The second-order valence-corrected chi connectivity index (χ2v) is 6.71. The number of rotatable bonds is 4. The Balaban J connectivity index is 1.88. The number of esters is 1. The van der Waals surface area contributed by atoms with Crippen molar-refractivity contribution in [1.29, 1.82) is 0 Å². The SMILES string of the molecule is CCOC(=O)C1CC(c2ccc3nc(NC(C)=O)sc3c2)=NN=C1C. The van der Waals surface area contributed by atoms with Crippen LogP contribution >= 0.6 is 11.3 Å². The van der Waals surface area contributed by atoms with E-state index in [2.05, 4.69) is 20.5 Å². The molecule has 1 unspecified atom stereocenters. The number of nitrogens with one attached hydrogen (secondary N) is 1. The Morgan fingerprint density at radius 3 is 2.88 bits per heavy atom. The average Bonchev–Trinajstić information content (AvgIpc) is 2.95. The van der Waals surface area contributed by atoms with E-state index in [0.717, 1.165) is 21.5 Å². The maximum atomic E-state index is 12.1. The van der Waals surface area contributed by atoms with Crippen LogP contribution in [0.5, 0.6) is 0 Å². The van der Waals surface area contributed by atoms with Crippen molar-refractivity contribution in [3.63, 3.8) is 0 Å². The van der Waals surface area contributed by atoms with Crippen LogP contribution in [0.4, 0.5) is 5.13 Å². The number of ether oxygens (including phenoxy) is 1. The number of benzene rings is 1. The third-order valence-electron chi connectivity index (χ3n) is 3.81. The van der Waals surface area contributed by atoms with Gasteiger partial charge in [0.15, 0.2) is 5.13 Å². The molecule has 7 nitrogen and oxygen atoms in total. The molecule has 1 aromatic heterocycles. The molecular weight excluding hydrogens is 340 g/mol. The van der Waals surface area contributed by atoms with E-state index in [-0.39, 0.29) is 11.9 Å². The van der Waals surface area contributed by atoms with Crippen LogP contribution in [0, 0.1) is 5.92 Å². The van der Waals surface area contributed by atoms with E-state index >= 15 is 0 Å². The zero-order chi connectivity index (χ0) is 18.0. The minimum Gasteiger partial charge on any atom is -0.465 e. The summed E-state index contributed by atoms with van der Waals surface area (Å²) in [5, 5.41) is 11.6. The number of carbonyl (C=O) groups excluding carboxylic acids is 2. The summed E-state index contributed by atoms with van der Waals surface area (Å²) in [4.78, 5) is 27.6. The highest BCUT2D eigenvalue weighted by atomic mass is 32.1. The van der Waals surface area contributed by atoms with Crippen molar-refractivity contribution >= 4 is 50.0 Å². The van der Waals surface area contributed by atoms with Crippen molar-refractivity contribution in [2.75, 3.05) is 11.9 Å². The number of aromatic nitrogens is 1. The van der Waals surface area contributed by atoms with E-state index < -0.39 is 5.92 Å². The van der Waals surface area contributed by atoms with Gasteiger partial charge in [-0.2, -0.15) is 10.2 Å². The van der Waals surface area contributed by atoms with Crippen molar-refractivity contribution in [2.24, 2.45) is 16.1 Å². The number of fused-ring (bicyclic) bond motifs is 1. The Hall–Kier alpha value is -2.61. The lowest BCUT2D eigenvalue weighted by Gasteiger charge is -2.19. The first-order chi connectivity index (χ1) is 12.0. The quantitative estimate of drug-likeness (QED) is 0.850. The summed E-state index contributed by atoms with van der Waals surface area (Å²) in [6.45, 7) is 5.36. The molecule has 0 saturated carbocycles. The standard InChI is InChI=1S/C17H18N4O3S/c1-4-24-16(23)12-8-14(21-20-9(12)2)11-5-6-13-15(7-11)25-17(19-13)18-10(3)22/h5-7,12H,4,8H2,1-3H3,(H,18,19,22). The van der Waals surface area contributed by atoms with Gasteiger partial charge in [-0.05, 0) is 31.5 Å². The van der Waals surface area contributed by atoms with Gasteiger partial charge in [-0.3, -0.25) is 9.59 Å². The Bertz CT molecular complexity index is 900. The van der Waals surface area contributed by atoms with Crippen molar-refractivity contribution in [3.8, 4) is 0 Å². The fourth-order valence-corrected chi connectivity index (χ4v) is 3.52. The van der Waals surface area contributed by atoms with Crippen LogP contribution in [0.15, 0.2) is 28.4 Å². The fraction of sp³-hybridized carbons (Fsp3) is 0.353. The molecule has 3 rings (SSSR count). The lowest BCUT2D eigenvalue weighted by atomic mass is 9.93. The molecule has 130 valence electrons. The van der Waals surface area contributed by atoms with E-state index in [4.69, 9.17) is 4.74 Å². The number of nitrogens with zero attached hydrogens (tertiary/aromatic N) is 3. The number of hydrogen-bond donors (Lipinski definition) is 1. The monoisotopic (exact) mass is 358 g/mol. The van der Waals surface area contributed by atoms with Gasteiger partial charge in [0.2, 0.25) is 5.91 Å². The predicted molar refractivity (Wildman–Crippen MR) is 98.3 cm³/mol. The molecule has 1 N–H and O–H groups in total. The summed E-state index contributed by atoms with van der Waals surface area (Å²) in [6, 6.07) is 5.73. The maximum absolute atomic E-state index is 12.1. The van der Waals surface area contributed by atoms with E-state index in [1.807, 2.05) is 18.2 Å². The van der Waals surface area contributed by atoms with E-state index in [9.17, 15) is 9.59 Å². The Kier molecular flexibility index (Phi) is 4.89. The maximum Gasteiger partial charge on any atom is 0.315 e. The third kappa shape index (κ3) is 3.74. The molecule has 0 aliphatic carbocycles. The molecule has 25 heavy (non-hydrogen) atoms. The lowest BCUT2D eigenvalue weighted by Crippen LogP contribution is -2.29. The first-order valence-corrected chi connectivity index (χ1v) is 8.75. The second kappa shape index (κ2) is 7.10. The third-order valence-corrected chi connectivity index (χ3v) is 4.74. The minimum atomic E-state index is -0.403. The summed E-state index contributed by atoms with van der Waals surface area (Å²) >= 11 is 1.39. The zero-order valence-corrected chi connectivity index (χ0v) is 15.0. The fourth-order valence-electron chi connectivity index (χ4n) is 2.57. The summed E-state index contributed by atoms with van der Waals surface area (Å²) in [5.74, 6) is -0.833. The number of carbonyl (C=O) groups is 2. The van der Waals surface area contributed by atoms with Crippen LogP contribution < -0.4 is 5.32 Å². The normalized spacial score (nSPS) is 17.0. The van der Waals surface area contributed by atoms with Gasteiger partial charge < -0.3 is 10.1 Å². The van der Waals surface area contributed by atoms with Gasteiger partial charge in [0, 0.05) is 13.3 Å². The van der Waals surface area contributed by atoms with Gasteiger partial charge in [-0.1, -0.05) is 17.4 Å². The van der Waals surface area contributed by atoms with Crippen molar-refractivity contribution < 1.29 is 14.3 Å². The van der Waals surface area contributed by atoms with Crippen molar-refractivity contribution in [1.82, 2.24) is 4.98 Å². The Labute approximate surface area is 148 Å². The molecule has 2 heterocycles. The summed E-state index contributed by atoms with van der Waals surface area (Å²) < 4.78 is 6.06. The highest BCUT2D eigenvalue weighted by Gasteiger charge is 2.28. The zero-order valence-electron chi connectivity index (χ0n) is 14.2. The largest absolute Gasteiger partial charge is 0.465 e. The first kappa shape index (κ1) is 17.2. The number of amides is 1. The molecule has 1 amide bonds. The molecule has 0 saturated heterocycles. The van der Waals surface area contributed by atoms with Gasteiger partial charge in [-0.25, -0.2) is 4.98 Å². The van der Waals surface area contributed by atoms with Crippen molar-refractivity contribution in [3.05, 3.63) is 23.8 Å². The molecule has 0 fully saturated rings. The number of thiazole rings is 1. The summed E-state index contributed by atoms with van der Waals surface area (Å²) in [5.41, 5.74) is 3.08. The molecule has 0 bridgehead atoms. The van der Waals surface area contributed by atoms with E-state index in [1.165, 1.54) is 18.3 Å². The van der Waals surface area contributed by atoms with Crippen LogP contribution in [-0.2, 0) is 14.3 Å². The van der Waals surface area contributed by atoms with E-state index in [1.54, 1.807) is 13.8 Å². The molecule has 8 heteroatoms. The second-order valence-electron chi connectivity index (χ2n) is 5.68. The van der Waals surface area contributed by atoms with Gasteiger partial charge in [0.05, 0.1) is 28.2 Å². The van der Waals surface area contributed by atoms with Gasteiger partial charge in [0.25, 0.3) is 0 Å². The van der Waals surface area contributed by atoms with Crippen LogP contribution in [0.1, 0.15) is 32.8 Å². The summed E-state index contributed by atoms with van der Waals surface area (Å²) in [7, 11) is 0. The molecule has 2 aromatic rings. The topological polar surface area (TPSA) is 93.0 Å². The minimum absolute atomic E-state index is 0.155. The van der Waals surface area contributed by atoms with Gasteiger partial charge >= 0.3 is 5.97 Å². The molecule has 0 spiro atoms. The van der Waals surface area contributed by atoms with Crippen LogP contribution in [0.25, 0.3) is 10.2 Å². The smallest absolute Gasteiger partial charge is 0.315 e. The van der Waals surface area contributed by atoms with Crippen LogP contribution in [0.2, 0.25) is 0 Å². The predicted octanol–water partition coefficient (Wildman–Crippen LogP) is 3.00. The van der Waals surface area contributed by atoms with Crippen molar-refractivity contribution in [2.45, 2.75) is 27.2 Å². The highest BCUT2D eigenvalue weighted by molar-refractivity contribution is 7.22. The molecule has 1 aliphatic rings. The highest BCUT2D eigenvalue weighted by Crippen LogP contribution is 2.28. The van der Waals surface area contributed by atoms with Gasteiger partial charge in [-0.15, -0.1) is 0 Å². The average molecular weight is 358 g/mol.